The number of nitrogens with zero attached hydrogens (tertiary/aromatic N) is 1. The van der Waals surface area contributed by atoms with Gasteiger partial charge in [0.1, 0.15) is 10.4 Å². The molecule has 0 fully saturated rings. The number of hydrogen-bond acceptors (Lipinski definition) is 3. The molecule has 0 aliphatic rings. The van der Waals surface area contributed by atoms with Crippen LogP contribution >= 0.6 is 12.2 Å². The summed E-state index contributed by atoms with van der Waals surface area (Å²) in [5.74, 6) is 0.783. The summed E-state index contributed by atoms with van der Waals surface area (Å²) in [6.45, 7) is 1.92. The van der Waals surface area contributed by atoms with Gasteiger partial charge in [-0.25, -0.2) is 4.98 Å². The van der Waals surface area contributed by atoms with Crippen molar-refractivity contribution < 1.29 is 4.42 Å². The number of nitrogens with one attached hydrogen (secondary N) is 1. The molecule has 4 heteroatoms. The second-order valence-corrected chi connectivity index (χ2v) is 3.07. The van der Waals surface area contributed by atoms with E-state index in [1.165, 1.54) is 0 Å². The largest absolute Gasteiger partial charge is 0.463 e. The van der Waals surface area contributed by atoms with Crippen molar-refractivity contribution in [2.24, 2.45) is 0 Å². The van der Waals surface area contributed by atoms with Crippen molar-refractivity contribution in [3.05, 3.63) is 34.9 Å². The SMILES string of the molecule is Cc1c(-c2ccco2)[nH]cnc1=S. The molecular formula is C9H8N2OS. The van der Waals surface area contributed by atoms with Crippen molar-refractivity contribution in [2.75, 3.05) is 0 Å². The molecule has 0 saturated heterocycles. The van der Waals surface area contributed by atoms with Gasteiger partial charge in [0, 0.05) is 5.56 Å². The van der Waals surface area contributed by atoms with Crippen LogP contribution in [0, 0.1) is 11.6 Å². The average molecular weight is 192 g/mol. The summed E-state index contributed by atoms with van der Waals surface area (Å²) in [5.41, 5.74) is 1.83. The molecule has 2 aromatic heterocycles. The predicted molar refractivity (Wildman–Crippen MR) is 51.9 cm³/mol. The van der Waals surface area contributed by atoms with Crippen LogP contribution in [0.15, 0.2) is 29.1 Å². The highest BCUT2D eigenvalue weighted by Crippen LogP contribution is 2.20. The predicted octanol–water partition coefficient (Wildman–Crippen LogP) is 2.71. The topological polar surface area (TPSA) is 41.8 Å². The Hall–Kier alpha value is -1.42. The van der Waals surface area contributed by atoms with Crippen molar-refractivity contribution in [2.45, 2.75) is 6.92 Å². The normalized spacial score (nSPS) is 10.2. The highest BCUT2D eigenvalue weighted by Gasteiger charge is 2.05. The fraction of sp³-hybridized carbons (Fsp3) is 0.111. The molecule has 1 N–H and O–H groups in total. The summed E-state index contributed by atoms with van der Waals surface area (Å²) in [6.07, 6.45) is 3.21. The van der Waals surface area contributed by atoms with Crippen LogP contribution in [0.2, 0.25) is 0 Å². The first-order valence-corrected chi connectivity index (χ1v) is 4.28. The van der Waals surface area contributed by atoms with Gasteiger partial charge in [-0.2, -0.15) is 0 Å². The van der Waals surface area contributed by atoms with Gasteiger partial charge < -0.3 is 9.40 Å². The van der Waals surface area contributed by atoms with Crippen LogP contribution in [0.4, 0.5) is 0 Å². The lowest BCUT2D eigenvalue weighted by Crippen LogP contribution is -1.89. The molecule has 0 radical (unpaired) electrons. The zero-order valence-electron chi connectivity index (χ0n) is 7.07. The van der Waals surface area contributed by atoms with Crippen molar-refractivity contribution in [1.82, 2.24) is 9.97 Å². The van der Waals surface area contributed by atoms with Gasteiger partial charge in [0.2, 0.25) is 0 Å². The third kappa shape index (κ3) is 1.40. The maximum absolute atomic E-state index is 5.25. The van der Waals surface area contributed by atoms with Crippen LogP contribution in [0.5, 0.6) is 0 Å². The lowest BCUT2D eigenvalue weighted by atomic mass is 10.2. The Bertz CT molecular complexity index is 459. The smallest absolute Gasteiger partial charge is 0.150 e. The van der Waals surface area contributed by atoms with E-state index in [9.17, 15) is 0 Å². The van der Waals surface area contributed by atoms with Gasteiger partial charge in [0.15, 0.2) is 0 Å². The molecular weight excluding hydrogens is 184 g/mol. The first-order valence-electron chi connectivity index (χ1n) is 3.87. The fourth-order valence-electron chi connectivity index (χ4n) is 1.14. The van der Waals surface area contributed by atoms with E-state index in [-0.39, 0.29) is 0 Å². The summed E-state index contributed by atoms with van der Waals surface area (Å²) in [7, 11) is 0. The van der Waals surface area contributed by atoms with Crippen LogP contribution < -0.4 is 0 Å². The Morgan fingerprint density at radius 2 is 2.38 bits per heavy atom. The third-order valence-corrected chi connectivity index (χ3v) is 2.27. The highest BCUT2D eigenvalue weighted by atomic mass is 32.1. The van der Waals surface area contributed by atoms with Crippen LogP contribution in [0.25, 0.3) is 11.5 Å². The van der Waals surface area contributed by atoms with Crippen molar-refractivity contribution >= 4 is 12.2 Å². The van der Waals surface area contributed by atoms with Crippen LogP contribution in [-0.2, 0) is 0 Å². The molecule has 0 aliphatic carbocycles. The Morgan fingerprint density at radius 1 is 1.54 bits per heavy atom. The summed E-state index contributed by atoms with van der Waals surface area (Å²) < 4.78 is 5.85. The van der Waals surface area contributed by atoms with Gasteiger partial charge in [-0.1, -0.05) is 12.2 Å². The molecule has 0 bridgehead atoms. The Morgan fingerprint density at radius 3 is 3.08 bits per heavy atom. The number of hydrogen-bond donors (Lipinski definition) is 1. The van der Waals surface area contributed by atoms with E-state index in [1.807, 2.05) is 19.1 Å². The highest BCUT2D eigenvalue weighted by molar-refractivity contribution is 7.71. The second-order valence-electron chi connectivity index (χ2n) is 2.68. The number of furan rings is 1. The maximum atomic E-state index is 5.25. The molecule has 0 amide bonds. The minimum Gasteiger partial charge on any atom is -0.463 e. The molecule has 2 heterocycles. The molecule has 13 heavy (non-hydrogen) atoms. The molecule has 0 aliphatic heterocycles. The van der Waals surface area contributed by atoms with E-state index in [2.05, 4.69) is 9.97 Å². The van der Waals surface area contributed by atoms with Gasteiger partial charge in [0.05, 0.1) is 18.3 Å². The number of H-pyrrole nitrogens is 1. The van der Waals surface area contributed by atoms with E-state index >= 15 is 0 Å². The van der Waals surface area contributed by atoms with Crippen molar-refractivity contribution in [3.8, 4) is 11.5 Å². The lowest BCUT2D eigenvalue weighted by Gasteiger charge is -2.00. The average Bonchev–Trinajstić information content (AvgIpc) is 2.62. The van der Waals surface area contributed by atoms with Gasteiger partial charge in [-0.3, -0.25) is 0 Å². The number of aromatic amines is 1. The first kappa shape index (κ1) is 8.19. The zero-order valence-corrected chi connectivity index (χ0v) is 7.89. The molecule has 0 saturated carbocycles. The Kier molecular flexibility index (Phi) is 1.98. The van der Waals surface area contributed by atoms with E-state index < -0.39 is 0 Å². The summed E-state index contributed by atoms with van der Waals surface area (Å²) in [4.78, 5) is 6.98. The summed E-state index contributed by atoms with van der Waals surface area (Å²) in [5, 5.41) is 0. The molecule has 0 atom stereocenters. The molecule has 2 aromatic rings. The van der Waals surface area contributed by atoms with E-state index in [4.69, 9.17) is 16.6 Å². The first-order chi connectivity index (χ1) is 6.29. The molecule has 66 valence electrons. The van der Waals surface area contributed by atoms with E-state index in [0.717, 1.165) is 17.0 Å². The quantitative estimate of drug-likeness (QED) is 0.706. The van der Waals surface area contributed by atoms with Crippen molar-refractivity contribution in [1.29, 1.82) is 0 Å². The van der Waals surface area contributed by atoms with Gasteiger partial charge in [-0.05, 0) is 19.1 Å². The maximum Gasteiger partial charge on any atom is 0.150 e. The monoisotopic (exact) mass is 192 g/mol. The van der Waals surface area contributed by atoms with Crippen molar-refractivity contribution in [3.63, 3.8) is 0 Å². The van der Waals surface area contributed by atoms with Gasteiger partial charge >= 0.3 is 0 Å². The standard InChI is InChI=1S/C9H8N2OS/c1-6-8(7-3-2-4-12-7)10-5-11-9(6)13/h2-5H,1H3,(H,10,11,13). The zero-order chi connectivity index (χ0) is 9.26. The second kappa shape index (κ2) is 3.14. The molecule has 0 unspecified atom stereocenters. The Labute approximate surface area is 80.4 Å². The fourth-order valence-corrected chi connectivity index (χ4v) is 1.30. The third-order valence-electron chi connectivity index (χ3n) is 1.85. The van der Waals surface area contributed by atoms with E-state index in [1.54, 1.807) is 12.6 Å². The van der Waals surface area contributed by atoms with Gasteiger partial charge in [0.25, 0.3) is 0 Å². The summed E-state index contributed by atoms with van der Waals surface area (Å²) in [6, 6.07) is 3.72. The lowest BCUT2D eigenvalue weighted by molar-refractivity contribution is 0.579. The van der Waals surface area contributed by atoms with Gasteiger partial charge in [-0.15, -0.1) is 0 Å². The van der Waals surface area contributed by atoms with Crippen LogP contribution in [0.1, 0.15) is 5.56 Å². The molecule has 3 nitrogen and oxygen atoms in total. The van der Waals surface area contributed by atoms with E-state index in [0.29, 0.717) is 4.64 Å². The molecule has 0 aromatic carbocycles. The number of aromatic nitrogens is 2. The van der Waals surface area contributed by atoms with Crippen LogP contribution in [-0.4, -0.2) is 9.97 Å². The summed E-state index contributed by atoms with van der Waals surface area (Å²) >= 11 is 5.04. The minimum absolute atomic E-state index is 0.602. The number of rotatable bonds is 1. The van der Waals surface area contributed by atoms with Crippen LogP contribution in [0.3, 0.4) is 0 Å². The molecule has 0 spiro atoms. The minimum atomic E-state index is 0.602. The molecule has 2 rings (SSSR count). The Balaban J connectivity index is 2.66.